The Morgan fingerprint density at radius 3 is 2.52 bits per heavy atom. The van der Waals surface area contributed by atoms with E-state index >= 15 is 0 Å². The molecule has 2 N–H and O–H groups in total. The Morgan fingerprint density at radius 2 is 1.84 bits per heavy atom. The molecule has 3 rings (SSSR count). The molecule has 128 valence electrons. The smallest absolute Gasteiger partial charge is 0.230 e. The first kappa shape index (κ1) is 17.8. The van der Waals surface area contributed by atoms with E-state index in [2.05, 4.69) is 28.6 Å². The zero-order valence-electron chi connectivity index (χ0n) is 13.7. The number of rotatable bonds is 3. The van der Waals surface area contributed by atoms with Crippen LogP contribution in [-0.4, -0.2) is 16.0 Å². The third-order valence-electron chi connectivity index (χ3n) is 3.69. The van der Waals surface area contributed by atoms with Crippen molar-refractivity contribution in [2.24, 2.45) is 0 Å². The lowest BCUT2D eigenvalue weighted by Crippen LogP contribution is -2.35. The lowest BCUT2D eigenvalue weighted by molar-refractivity contribution is -0.119. The Balaban J connectivity index is 1.64. The summed E-state index contributed by atoms with van der Waals surface area (Å²) in [5.41, 5.74) is 4.12. The minimum atomic E-state index is -0.187. The van der Waals surface area contributed by atoms with Crippen molar-refractivity contribution in [1.29, 1.82) is 0 Å². The highest BCUT2D eigenvalue weighted by molar-refractivity contribution is 7.80. The Labute approximate surface area is 160 Å². The zero-order chi connectivity index (χ0) is 18.0. The molecule has 3 aromatic rings. The summed E-state index contributed by atoms with van der Waals surface area (Å²) in [5.74, 6) is -0.187. The standard InChI is InChI=1S/C18H16ClN3OS2/c1-10-3-4-11(2)16-15(10)21-18(25-16)22-17(24)20-14(23)9-12-5-7-13(19)8-6-12/h3-8H,9H2,1-2H3,(H2,20,21,22,23,24). The van der Waals surface area contributed by atoms with E-state index in [0.29, 0.717) is 10.2 Å². The molecule has 2 aromatic carbocycles. The summed E-state index contributed by atoms with van der Waals surface area (Å²) in [4.78, 5) is 16.7. The summed E-state index contributed by atoms with van der Waals surface area (Å²) >= 11 is 12.6. The minimum absolute atomic E-state index is 0.187. The molecule has 0 aliphatic rings. The van der Waals surface area contributed by atoms with Crippen LogP contribution in [0.4, 0.5) is 5.13 Å². The third kappa shape index (κ3) is 4.34. The summed E-state index contributed by atoms with van der Waals surface area (Å²) in [6.45, 7) is 4.08. The van der Waals surface area contributed by atoms with Crippen molar-refractivity contribution in [2.75, 3.05) is 5.32 Å². The van der Waals surface area contributed by atoms with Crippen LogP contribution in [0, 0.1) is 13.8 Å². The van der Waals surface area contributed by atoms with Crippen molar-refractivity contribution in [3.63, 3.8) is 0 Å². The zero-order valence-corrected chi connectivity index (χ0v) is 16.1. The molecule has 7 heteroatoms. The van der Waals surface area contributed by atoms with Gasteiger partial charge in [-0.2, -0.15) is 0 Å². The first-order valence-corrected chi connectivity index (χ1v) is 9.24. The number of amides is 1. The number of nitrogens with zero attached hydrogens (tertiary/aromatic N) is 1. The van der Waals surface area contributed by atoms with Gasteiger partial charge in [0, 0.05) is 5.02 Å². The SMILES string of the molecule is Cc1ccc(C)c2sc(NC(=S)NC(=O)Cc3ccc(Cl)cc3)nc12. The van der Waals surface area contributed by atoms with Gasteiger partial charge in [-0.1, -0.05) is 47.2 Å². The Kier molecular flexibility index (Phi) is 5.32. The maximum atomic E-state index is 12.1. The van der Waals surface area contributed by atoms with E-state index in [4.69, 9.17) is 23.8 Å². The van der Waals surface area contributed by atoms with E-state index in [-0.39, 0.29) is 17.4 Å². The van der Waals surface area contributed by atoms with Crippen LogP contribution in [0.3, 0.4) is 0 Å². The molecule has 0 saturated heterocycles. The van der Waals surface area contributed by atoms with Gasteiger partial charge in [0.1, 0.15) is 0 Å². The van der Waals surface area contributed by atoms with E-state index in [9.17, 15) is 4.79 Å². The number of anilines is 1. The number of hydrogen-bond acceptors (Lipinski definition) is 4. The van der Waals surface area contributed by atoms with Gasteiger partial charge in [0.05, 0.1) is 16.6 Å². The van der Waals surface area contributed by atoms with Crippen molar-refractivity contribution in [3.8, 4) is 0 Å². The molecule has 0 fully saturated rings. The van der Waals surface area contributed by atoms with Gasteiger partial charge in [-0.25, -0.2) is 4.98 Å². The van der Waals surface area contributed by atoms with Gasteiger partial charge in [0.25, 0.3) is 0 Å². The topological polar surface area (TPSA) is 54.0 Å². The number of carbonyl (C=O) groups is 1. The van der Waals surface area contributed by atoms with Crippen LogP contribution in [0.15, 0.2) is 36.4 Å². The Morgan fingerprint density at radius 1 is 1.16 bits per heavy atom. The largest absolute Gasteiger partial charge is 0.308 e. The number of hydrogen-bond donors (Lipinski definition) is 2. The lowest BCUT2D eigenvalue weighted by atomic mass is 10.1. The van der Waals surface area contributed by atoms with Crippen LogP contribution in [0.2, 0.25) is 5.02 Å². The molecule has 25 heavy (non-hydrogen) atoms. The first-order chi connectivity index (χ1) is 11.9. The lowest BCUT2D eigenvalue weighted by Gasteiger charge is -2.07. The van der Waals surface area contributed by atoms with Crippen LogP contribution in [0.25, 0.3) is 10.2 Å². The second kappa shape index (κ2) is 7.47. The van der Waals surface area contributed by atoms with Gasteiger partial charge in [-0.15, -0.1) is 0 Å². The fourth-order valence-electron chi connectivity index (χ4n) is 2.40. The molecular weight excluding hydrogens is 374 g/mol. The number of aryl methyl sites for hydroxylation is 2. The molecule has 0 radical (unpaired) electrons. The van der Waals surface area contributed by atoms with Crippen molar-refractivity contribution >= 4 is 61.5 Å². The van der Waals surface area contributed by atoms with E-state index in [0.717, 1.165) is 21.3 Å². The molecule has 0 aliphatic carbocycles. The fourth-order valence-corrected chi connectivity index (χ4v) is 3.82. The number of fused-ring (bicyclic) bond motifs is 1. The number of halogens is 1. The molecule has 0 spiro atoms. The van der Waals surface area contributed by atoms with Crippen LogP contribution in [0.1, 0.15) is 16.7 Å². The number of nitrogens with one attached hydrogen (secondary N) is 2. The average molecular weight is 390 g/mol. The summed E-state index contributed by atoms with van der Waals surface area (Å²) in [6, 6.07) is 11.3. The summed E-state index contributed by atoms with van der Waals surface area (Å²) in [6.07, 6.45) is 0.233. The average Bonchev–Trinajstić information content (AvgIpc) is 2.98. The summed E-state index contributed by atoms with van der Waals surface area (Å²) in [7, 11) is 0. The van der Waals surface area contributed by atoms with Crippen molar-refractivity contribution < 1.29 is 4.79 Å². The molecule has 0 atom stereocenters. The normalized spacial score (nSPS) is 10.7. The predicted molar refractivity (Wildman–Crippen MR) is 109 cm³/mol. The van der Waals surface area contributed by atoms with Crippen LogP contribution in [0.5, 0.6) is 0 Å². The van der Waals surface area contributed by atoms with E-state index in [1.165, 1.54) is 16.9 Å². The summed E-state index contributed by atoms with van der Waals surface area (Å²) in [5, 5.41) is 7.23. The predicted octanol–water partition coefficient (Wildman–Crippen LogP) is 4.62. The van der Waals surface area contributed by atoms with Crippen LogP contribution >= 0.6 is 35.2 Å². The molecule has 4 nitrogen and oxygen atoms in total. The molecular formula is C18H16ClN3OS2. The molecule has 0 unspecified atom stereocenters. The first-order valence-electron chi connectivity index (χ1n) is 7.64. The molecule has 1 amide bonds. The maximum absolute atomic E-state index is 12.1. The highest BCUT2D eigenvalue weighted by atomic mass is 35.5. The molecule has 0 aliphatic heterocycles. The summed E-state index contributed by atoms with van der Waals surface area (Å²) < 4.78 is 1.12. The van der Waals surface area contributed by atoms with Gasteiger partial charge < -0.3 is 10.6 Å². The monoisotopic (exact) mass is 389 g/mol. The van der Waals surface area contributed by atoms with Crippen LogP contribution in [-0.2, 0) is 11.2 Å². The third-order valence-corrected chi connectivity index (χ3v) is 5.26. The number of aromatic nitrogens is 1. The van der Waals surface area contributed by atoms with Gasteiger partial charge in [0.2, 0.25) is 5.91 Å². The van der Waals surface area contributed by atoms with E-state index in [1.54, 1.807) is 12.1 Å². The molecule has 0 bridgehead atoms. The highest BCUT2D eigenvalue weighted by Crippen LogP contribution is 2.30. The quantitative estimate of drug-likeness (QED) is 0.641. The van der Waals surface area contributed by atoms with Gasteiger partial charge in [-0.05, 0) is 54.9 Å². The minimum Gasteiger partial charge on any atom is -0.308 e. The Bertz CT molecular complexity index is 912. The van der Waals surface area contributed by atoms with Crippen molar-refractivity contribution in [2.45, 2.75) is 20.3 Å². The van der Waals surface area contributed by atoms with E-state index in [1.807, 2.05) is 25.1 Å². The maximum Gasteiger partial charge on any atom is 0.230 e. The fraction of sp³-hybridized carbons (Fsp3) is 0.167. The van der Waals surface area contributed by atoms with Crippen molar-refractivity contribution in [3.05, 3.63) is 58.1 Å². The van der Waals surface area contributed by atoms with E-state index < -0.39 is 0 Å². The van der Waals surface area contributed by atoms with Gasteiger partial charge >= 0.3 is 0 Å². The molecule has 0 saturated carbocycles. The second-order valence-electron chi connectivity index (χ2n) is 5.70. The number of carbonyl (C=O) groups excluding carboxylic acids is 1. The highest BCUT2D eigenvalue weighted by Gasteiger charge is 2.11. The van der Waals surface area contributed by atoms with Gasteiger partial charge in [0.15, 0.2) is 10.2 Å². The number of benzene rings is 2. The van der Waals surface area contributed by atoms with Crippen LogP contribution < -0.4 is 10.6 Å². The second-order valence-corrected chi connectivity index (χ2v) is 7.55. The van der Waals surface area contributed by atoms with Gasteiger partial charge in [-0.3, -0.25) is 4.79 Å². The number of thiazole rings is 1. The van der Waals surface area contributed by atoms with Crippen molar-refractivity contribution in [1.82, 2.24) is 10.3 Å². The molecule has 1 aromatic heterocycles. The molecule has 1 heterocycles. The Hall–Kier alpha value is -2.02. The number of thiocarbonyl (C=S) groups is 1.